The van der Waals surface area contributed by atoms with Crippen molar-refractivity contribution in [1.29, 1.82) is 0 Å². The van der Waals surface area contributed by atoms with Crippen LogP contribution in [-0.4, -0.2) is 148 Å². The molecule has 4 aromatic heterocycles. The molecule has 2 aliphatic carbocycles. The number of esters is 1. The molecule has 2 aromatic carbocycles. The van der Waals surface area contributed by atoms with E-state index < -0.39 is 0 Å². The molecule has 10 rings (SSSR count). The van der Waals surface area contributed by atoms with Gasteiger partial charge in [0.2, 0.25) is 0 Å². The van der Waals surface area contributed by atoms with E-state index >= 15 is 0 Å². The zero-order valence-corrected chi connectivity index (χ0v) is 37.8. The van der Waals surface area contributed by atoms with E-state index in [1.807, 2.05) is 13.0 Å². The topological polar surface area (TPSA) is 147 Å². The first-order valence-corrected chi connectivity index (χ1v) is 23.9. The normalized spacial score (nSPS) is 22.2. The van der Waals surface area contributed by atoms with Gasteiger partial charge in [-0.1, -0.05) is 12.1 Å². The van der Waals surface area contributed by atoms with Crippen LogP contribution in [-0.2, 0) is 31.8 Å². The fourth-order valence-corrected chi connectivity index (χ4v) is 11.8. The van der Waals surface area contributed by atoms with Crippen LogP contribution in [0.25, 0.3) is 40.6 Å². The number of thiophene rings is 2. The second-order valence-electron chi connectivity index (χ2n) is 16.7. The van der Waals surface area contributed by atoms with Crippen molar-refractivity contribution in [2.45, 2.75) is 95.3 Å². The molecule has 0 atom stereocenters. The van der Waals surface area contributed by atoms with Crippen LogP contribution in [0.2, 0.25) is 0 Å². The Labute approximate surface area is 401 Å². The number of morpholine rings is 2. The van der Waals surface area contributed by atoms with E-state index in [9.17, 15) is 9.90 Å². The number of anilines is 2. The average Bonchev–Trinajstić information content (AvgIpc) is 3.87. The Kier molecular flexibility index (Phi) is 17.5. The van der Waals surface area contributed by atoms with Crippen molar-refractivity contribution in [2.75, 3.05) is 76.5 Å². The summed E-state index contributed by atoms with van der Waals surface area (Å²) in [4.78, 5) is 37.4. The zero-order chi connectivity index (χ0) is 41.5. The number of hydrogen-bond acceptors (Lipinski definition) is 15. The minimum atomic E-state index is -0.196. The van der Waals surface area contributed by atoms with Gasteiger partial charge < -0.3 is 31.4 Å². The van der Waals surface area contributed by atoms with E-state index in [1.165, 1.54) is 48.6 Å². The first kappa shape index (κ1) is 48.0. The molecule has 3 N–H and O–H groups in total. The van der Waals surface area contributed by atoms with Crippen LogP contribution in [0.1, 0.15) is 70.8 Å². The van der Waals surface area contributed by atoms with E-state index in [-0.39, 0.29) is 56.6 Å². The first-order chi connectivity index (χ1) is 30.0. The van der Waals surface area contributed by atoms with Crippen LogP contribution < -0.4 is 29.5 Å². The Morgan fingerprint density at radius 2 is 1.19 bits per heavy atom. The van der Waals surface area contributed by atoms with Gasteiger partial charge in [0, 0.05) is 77.1 Å². The van der Waals surface area contributed by atoms with Gasteiger partial charge in [-0.3, -0.25) is 14.6 Å². The molecule has 13 nitrogen and oxygen atoms in total. The molecule has 2 saturated carbocycles. The minimum Gasteiger partial charge on any atom is -1.00 e. The fourth-order valence-electron chi connectivity index (χ4n) is 9.75. The molecule has 6 aromatic rings. The maximum Gasteiger partial charge on any atom is 1.00 e. The van der Waals surface area contributed by atoms with Gasteiger partial charge >= 0.3 is 24.8 Å². The van der Waals surface area contributed by atoms with Crippen molar-refractivity contribution in [1.82, 2.24) is 29.7 Å². The van der Waals surface area contributed by atoms with E-state index in [1.54, 1.807) is 35.3 Å². The third kappa shape index (κ3) is 11.5. The molecule has 2 saturated heterocycles. The van der Waals surface area contributed by atoms with Crippen molar-refractivity contribution in [3.63, 3.8) is 0 Å². The summed E-state index contributed by atoms with van der Waals surface area (Å²) in [5.41, 5.74) is 2.11. The van der Waals surface area contributed by atoms with Gasteiger partial charge in [-0.05, 0) is 100 Å². The monoisotopic (exact) mass is 904 g/mol. The largest absolute Gasteiger partial charge is 1.00 e. The summed E-state index contributed by atoms with van der Waals surface area (Å²) >= 11 is 3.38. The third-order valence-electron chi connectivity index (χ3n) is 12.9. The third-order valence-corrected chi connectivity index (χ3v) is 15.1. The second-order valence-corrected chi connectivity index (χ2v) is 18.8. The van der Waals surface area contributed by atoms with Crippen molar-refractivity contribution in [3.8, 4) is 0 Å². The summed E-state index contributed by atoms with van der Waals surface area (Å²) in [5.74, 6) is 1.67. The van der Waals surface area contributed by atoms with Crippen LogP contribution in [0.3, 0.4) is 0 Å². The summed E-state index contributed by atoms with van der Waals surface area (Å²) in [5, 5.41) is 21.3. The van der Waals surface area contributed by atoms with Gasteiger partial charge in [0.25, 0.3) is 0 Å². The molecule has 0 unspecified atom stereocenters. The number of fused-ring (bicyclic) bond motifs is 6. The smallest absolute Gasteiger partial charge is 1.00 e. The molecule has 17 heteroatoms. The molecular formula is C46H62AlLiN8O5S2. The molecule has 4 fully saturated rings. The SMILES string of the molecule is CCOC(=O)Cc1ccc2sc3ncnc(NC4CCC(N5CCOCC5)CC4)c3c2c1.OCCc1ccc2sc3ncnc(NC4CCC(N5CCOCC5)CC4)c3c2c1.[AlH3].[H-].[Li+]. The summed E-state index contributed by atoms with van der Waals surface area (Å²) in [6.45, 7) is 10.1. The predicted molar refractivity (Wildman–Crippen MR) is 256 cm³/mol. The molecule has 0 bridgehead atoms. The summed E-state index contributed by atoms with van der Waals surface area (Å²) < 4.78 is 18.5. The molecule has 4 aliphatic rings. The Morgan fingerprint density at radius 3 is 1.65 bits per heavy atom. The predicted octanol–water partition coefficient (Wildman–Crippen LogP) is 3.37. The van der Waals surface area contributed by atoms with E-state index in [0.717, 1.165) is 119 Å². The van der Waals surface area contributed by atoms with Crippen molar-refractivity contribution >= 4 is 98.2 Å². The van der Waals surface area contributed by atoms with Gasteiger partial charge in [-0.2, -0.15) is 0 Å². The van der Waals surface area contributed by atoms with Crippen LogP contribution in [0.5, 0.6) is 0 Å². The van der Waals surface area contributed by atoms with Crippen LogP contribution in [0.15, 0.2) is 49.1 Å². The van der Waals surface area contributed by atoms with Crippen molar-refractivity contribution < 1.29 is 44.4 Å². The maximum atomic E-state index is 12.0. The molecule has 332 valence electrons. The molecule has 63 heavy (non-hydrogen) atoms. The van der Waals surface area contributed by atoms with Crippen LogP contribution in [0, 0.1) is 0 Å². The van der Waals surface area contributed by atoms with E-state index in [2.05, 4.69) is 70.7 Å². The number of aromatic nitrogens is 4. The first-order valence-electron chi connectivity index (χ1n) is 22.3. The van der Waals surface area contributed by atoms with Gasteiger partial charge in [0.15, 0.2) is 17.4 Å². The number of hydrogen-bond donors (Lipinski definition) is 3. The fraction of sp³-hybridized carbons (Fsp3) is 0.543. The summed E-state index contributed by atoms with van der Waals surface area (Å²) in [6, 6.07) is 14.9. The standard InChI is InChI=1S/C24H30N4O3S.C22H28N4O2S.Al.Li.4H/c1-2-31-21(29)14-16-3-8-20-19(13-16)22-23(25-15-26-24(22)32-20)27-17-4-6-18(7-5-17)28-9-11-30-12-10-28;27-10-7-15-1-6-19-18(13-15)20-21(23-14-24-22(20)29-19)25-16-2-4-17(5-3-16)26-8-11-28-12-9-26;;;;;;/h3,8,13,15,17-18H,2,4-7,9-12,14H2,1H3,(H,25,26,27);1,6,13-14,16-17,27H,2-5,7-12H2,(H,23,24,25);;;;;;/q;;;+1;;;;-1. The Morgan fingerprint density at radius 1 is 0.730 bits per heavy atom. The minimum absolute atomic E-state index is 0. The van der Waals surface area contributed by atoms with E-state index in [0.29, 0.717) is 37.2 Å². The number of nitrogens with one attached hydrogen (secondary N) is 2. The van der Waals surface area contributed by atoms with E-state index in [4.69, 9.17) is 14.2 Å². The Bertz CT molecular complexity index is 2420. The number of aliphatic hydroxyl groups is 1. The zero-order valence-electron chi connectivity index (χ0n) is 37.2. The number of aliphatic hydroxyl groups excluding tert-OH is 1. The molecular weight excluding hydrogens is 843 g/mol. The number of rotatable bonds is 11. The maximum absolute atomic E-state index is 12.0. The number of nitrogens with zero attached hydrogens (tertiary/aromatic N) is 6. The Balaban J connectivity index is 0.000000204. The molecule has 0 radical (unpaired) electrons. The van der Waals surface area contributed by atoms with Gasteiger partial charge in [0.1, 0.15) is 34.0 Å². The van der Waals surface area contributed by atoms with Crippen LogP contribution >= 0.6 is 22.7 Å². The quantitative estimate of drug-likeness (QED) is 0.129. The Hall–Kier alpha value is -2.96. The molecule has 0 amide bonds. The van der Waals surface area contributed by atoms with Gasteiger partial charge in [-0.15, -0.1) is 22.7 Å². The molecule has 6 heterocycles. The van der Waals surface area contributed by atoms with Crippen molar-refractivity contribution in [3.05, 3.63) is 60.2 Å². The molecule has 2 aliphatic heterocycles. The van der Waals surface area contributed by atoms with Gasteiger partial charge in [-0.25, -0.2) is 19.9 Å². The summed E-state index contributed by atoms with van der Waals surface area (Å²) in [6.07, 6.45) is 13.8. The number of carbonyl (C=O) groups excluding carboxylic acids is 1. The molecule has 0 spiro atoms. The summed E-state index contributed by atoms with van der Waals surface area (Å²) in [7, 11) is 0. The number of ether oxygens (including phenoxy) is 3. The average molecular weight is 905 g/mol. The second kappa shape index (κ2) is 23.0. The number of carbonyl (C=O) groups is 1. The number of benzene rings is 2. The van der Waals surface area contributed by atoms with Crippen LogP contribution in [0.4, 0.5) is 11.6 Å². The van der Waals surface area contributed by atoms with Crippen molar-refractivity contribution in [2.24, 2.45) is 0 Å². The van der Waals surface area contributed by atoms with Gasteiger partial charge in [0.05, 0.1) is 50.2 Å².